The van der Waals surface area contributed by atoms with Crippen LogP contribution in [0.5, 0.6) is 0 Å². The van der Waals surface area contributed by atoms with Crippen LogP contribution in [0.15, 0.2) is 18.3 Å². The minimum atomic E-state index is -0.687. The second-order valence-corrected chi connectivity index (χ2v) is 2.86. The summed E-state index contributed by atoms with van der Waals surface area (Å²) in [4.78, 5) is 26.0. The number of nitrogens with two attached hydrogens (primary N) is 1. The summed E-state index contributed by atoms with van der Waals surface area (Å²) in [5.74, 6) is -1.28. The van der Waals surface area contributed by atoms with Crippen LogP contribution in [-0.4, -0.2) is 30.1 Å². The number of anilines is 1. The number of pyridine rings is 1. The van der Waals surface area contributed by atoms with Gasteiger partial charge in [0.15, 0.2) is 6.61 Å². The molecule has 6 heteroatoms. The van der Waals surface area contributed by atoms with Crippen LogP contribution in [0, 0.1) is 0 Å². The lowest BCUT2D eigenvalue weighted by Crippen LogP contribution is -2.17. The number of nitrogens with zero attached hydrogens (tertiary/aromatic N) is 1. The van der Waals surface area contributed by atoms with E-state index in [-0.39, 0.29) is 12.3 Å². The van der Waals surface area contributed by atoms with Crippen LogP contribution in [0.25, 0.3) is 0 Å². The van der Waals surface area contributed by atoms with Crippen molar-refractivity contribution in [2.45, 2.75) is 6.92 Å². The largest absolute Gasteiger partial charge is 0.463 e. The standard InChI is InChI=1S/C10H12N2O4/c1-2-15-9(13)6-16-10(14)8-4-3-7(11)5-12-8/h3-5H,2,6,11H2,1H3. The minimum Gasteiger partial charge on any atom is -0.463 e. The second kappa shape index (κ2) is 5.69. The molecule has 2 N–H and O–H groups in total. The number of rotatable bonds is 4. The normalized spacial score (nSPS) is 9.56. The Balaban J connectivity index is 2.47. The highest BCUT2D eigenvalue weighted by molar-refractivity contribution is 5.88. The Hall–Kier alpha value is -2.11. The molecular formula is C10H12N2O4. The van der Waals surface area contributed by atoms with E-state index < -0.39 is 18.5 Å². The molecule has 0 aliphatic carbocycles. The van der Waals surface area contributed by atoms with Gasteiger partial charge >= 0.3 is 11.9 Å². The van der Waals surface area contributed by atoms with E-state index in [9.17, 15) is 9.59 Å². The third kappa shape index (κ3) is 3.56. The van der Waals surface area contributed by atoms with Crippen molar-refractivity contribution in [3.63, 3.8) is 0 Å². The van der Waals surface area contributed by atoms with Gasteiger partial charge in [0.2, 0.25) is 0 Å². The Morgan fingerprint density at radius 1 is 1.38 bits per heavy atom. The smallest absolute Gasteiger partial charge is 0.357 e. The van der Waals surface area contributed by atoms with Crippen LogP contribution in [0.2, 0.25) is 0 Å². The summed E-state index contributed by atoms with van der Waals surface area (Å²) in [7, 11) is 0. The third-order valence-electron chi connectivity index (χ3n) is 1.62. The fraction of sp³-hybridized carbons (Fsp3) is 0.300. The summed E-state index contributed by atoms with van der Waals surface area (Å²) in [5, 5.41) is 0. The van der Waals surface area contributed by atoms with E-state index in [0.29, 0.717) is 5.69 Å². The molecule has 0 aliphatic rings. The molecule has 0 atom stereocenters. The first-order chi connectivity index (χ1) is 7.63. The van der Waals surface area contributed by atoms with Gasteiger partial charge in [-0.15, -0.1) is 0 Å². The highest BCUT2D eigenvalue weighted by Gasteiger charge is 2.11. The number of carbonyl (C=O) groups excluding carboxylic acids is 2. The van der Waals surface area contributed by atoms with Gasteiger partial charge in [0.05, 0.1) is 18.5 Å². The summed E-state index contributed by atoms with van der Waals surface area (Å²) < 4.78 is 9.26. The lowest BCUT2D eigenvalue weighted by molar-refractivity contribution is -0.146. The van der Waals surface area contributed by atoms with Gasteiger partial charge in [-0.3, -0.25) is 0 Å². The third-order valence-corrected chi connectivity index (χ3v) is 1.62. The molecule has 6 nitrogen and oxygen atoms in total. The number of hydrogen-bond acceptors (Lipinski definition) is 6. The molecule has 0 spiro atoms. The Kier molecular flexibility index (Phi) is 4.26. The summed E-state index contributed by atoms with van der Waals surface area (Å²) in [6.07, 6.45) is 1.33. The van der Waals surface area contributed by atoms with Gasteiger partial charge in [-0.25, -0.2) is 14.6 Å². The predicted molar refractivity (Wildman–Crippen MR) is 55.6 cm³/mol. The van der Waals surface area contributed by atoms with E-state index in [1.54, 1.807) is 6.92 Å². The number of carbonyl (C=O) groups is 2. The van der Waals surface area contributed by atoms with Crippen molar-refractivity contribution >= 4 is 17.6 Å². The Morgan fingerprint density at radius 2 is 2.12 bits per heavy atom. The maximum Gasteiger partial charge on any atom is 0.357 e. The van der Waals surface area contributed by atoms with E-state index in [2.05, 4.69) is 14.5 Å². The van der Waals surface area contributed by atoms with Gasteiger partial charge in [-0.05, 0) is 19.1 Å². The molecule has 86 valence electrons. The number of nitrogen functional groups attached to an aromatic ring is 1. The first-order valence-electron chi connectivity index (χ1n) is 4.67. The number of hydrogen-bond donors (Lipinski definition) is 1. The molecule has 16 heavy (non-hydrogen) atoms. The predicted octanol–water partition coefficient (Wildman–Crippen LogP) is 0.384. The molecule has 1 rings (SSSR count). The number of esters is 2. The molecule has 0 bridgehead atoms. The molecule has 0 saturated carbocycles. The van der Waals surface area contributed by atoms with Gasteiger partial charge in [0.25, 0.3) is 0 Å². The molecule has 0 saturated heterocycles. The monoisotopic (exact) mass is 224 g/mol. The number of ether oxygens (including phenoxy) is 2. The molecule has 0 radical (unpaired) electrons. The minimum absolute atomic E-state index is 0.0958. The molecule has 0 amide bonds. The molecule has 1 heterocycles. The maximum absolute atomic E-state index is 11.3. The van der Waals surface area contributed by atoms with Crippen LogP contribution in [0.3, 0.4) is 0 Å². The molecule has 0 aromatic carbocycles. The maximum atomic E-state index is 11.3. The van der Waals surface area contributed by atoms with E-state index in [1.807, 2.05) is 0 Å². The van der Waals surface area contributed by atoms with Gasteiger partial charge in [-0.2, -0.15) is 0 Å². The summed E-state index contributed by atoms with van der Waals surface area (Å²) in [6.45, 7) is 1.50. The van der Waals surface area contributed by atoms with Crippen LogP contribution in [-0.2, 0) is 14.3 Å². The van der Waals surface area contributed by atoms with Gasteiger partial charge in [-0.1, -0.05) is 0 Å². The zero-order valence-electron chi connectivity index (χ0n) is 8.80. The molecule has 0 aliphatic heterocycles. The Labute approximate surface area is 92.4 Å². The Bertz CT molecular complexity index is 375. The number of aromatic nitrogens is 1. The second-order valence-electron chi connectivity index (χ2n) is 2.86. The molecular weight excluding hydrogens is 212 g/mol. The van der Waals surface area contributed by atoms with E-state index >= 15 is 0 Å². The average Bonchev–Trinajstić information content (AvgIpc) is 2.27. The molecule has 1 aromatic rings. The van der Waals surface area contributed by atoms with Crippen molar-refractivity contribution in [3.05, 3.63) is 24.0 Å². The van der Waals surface area contributed by atoms with E-state index in [0.717, 1.165) is 0 Å². The van der Waals surface area contributed by atoms with Gasteiger partial charge < -0.3 is 15.2 Å². The first-order valence-corrected chi connectivity index (χ1v) is 4.67. The highest BCUT2D eigenvalue weighted by atomic mass is 16.6. The van der Waals surface area contributed by atoms with Crippen molar-refractivity contribution in [2.24, 2.45) is 0 Å². The van der Waals surface area contributed by atoms with Crippen molar-refractivity contribution in [1.82, 2.24) is 4.98 Å². The molecule has 0 unspecified atom stereocenters. The summed E-state index contributed by atoms with van der Waals surface area (Å²) in [6, 6.07) is 2.94. The average molecular weight is 224 g/mol. The molecule has 1 aromatic heterocycles. The van der Waals surface area contributed by atoms with Crippen LogP contribution < -0.4 is 5.73 Å². The first kappa shape index (κ1) is 12.0. The highest BCUT2D eigenvalue weighted by Crippen LogP contribution is 2.02. The quantitative estimate of drug-likeness (QED) is 0.743. The lowest BCUT2D eigenvalue weighted by atomic mass is 10.3. The van der Waals surface area contributed by atoms with Crippen LogP contribution >= 0.6 is 0 Å². The van der Waals surface area contributed by atoms with E-state index in [4.69, 9.17) is 5.73 Å². The van der Waals surface area contributed by atoms with Crippen molar-refractivity contribution in [3.8, 4) is 0 Å². The van der Waals surface area contributed by atoms with Crippen molar-refractivity contribution in [1.29, 1.82) is 0 Å². The fourth-order valence-electron chi connectivity index (χ4n) is 0.927. The zero-order valence-corrected chi connectivity index (χ0v) is 8.80. The van der Waals surface area contributed by atoms with Crippen molar-refractivity contribution < 1.29 is 19.1 Å². The van der Waals surface area contributed by atoms with Crippen LogP contribution in [0.4, 0.5) is 5.69 Å². The SMILES string of the molecule is CCOC(=O)COC(=O)c1ccc(N)cn1. The van der Waals surface area contributed by atoms with Crippen molar-refractivity contribution in [2.75, 3.05) is 18.9 Å². The zero-order chi connectivity index (χ0) is 12.0. The summed E-state index contributed by atoms with van der Waals surface area (Å²) in [5.41, 5.74) is 5.94. The topological polar surface area (TPSA) is 91.5 Å². The Morgan fingerprint density at radius 3 is 2.69 bits per heavy atom. The van der Waals surface area contributed by atoms with Crippen LogP contribution in [0.1, 0.15) is 17.4 Å². The van der Waals surface area contributed by atoms with E-state index in [1.165, 1.54) is 18.3 Å². The van der Waals surface area contributed by atoms with Gasteiger partial charge in [0.1, 0.15) is 5.69 Å². The van der Waals surface area contributed by atoms with Gasteiger partial charge in [0, 0.05) is 0 Å². The fourth-order valence-corrected chi connectivity index (χ4v) is 0.927. The lowest BCUT2D eigenvalue weighted by Gasteiger charge is -2.03. The summed E-state index contributed by atoms with van der Waals surface area (Å²) >= 11 is 0. The molecule has 0 fully saturated rings.